The van der Waals surface area contributed by atoms with E-state index in [2.05, 4.69) is 11.9 Å². The zero-order chi connectivity index (χ0) is 12.0. The molecule has 1 fully saturated rings. The Hall–Kier alpha value is -0.280. The first-order valence-corrected chi connectivity index (χ1v) is 6.65. The number of amides is 1. The quantitative estimate of drug-likeness (QED) is 0.691. The molecule has 16 heavy (non-hydrogen) atoms. The molecule has 3 nitrogen and oxygen atoms in total. The molecule has 1 saturated heterocycles. The highest BCUT2D eigenvalue weighted by atomic mass is 35.5. The van der Waals surface area contributed by atoms with Crippen LogP contribution in [0.25, 0.3) is 0 Å². The number of carbonyl (C=O) groups is 1. The highest BCUT2D eigenvalue weighted by molar-refractivity contribution is 6.18. The SMILES string of the molecule is CN1CCC(CCN(C)C(=O)CCCl)CC1. The van der Waals surface area contributed by atoms with Crippen LogP contribution in [0.2, 0.25) is 0 Å². The van der Waals surface area contributed by atoms with Gasteiger partial charge in [0.1, 0.15) is 0 Å². The Morgan fingerprint density at radius 2 is 2.06 bits per heavy atom. The standard InChI is InChI=1S/C12H23ClN2O/c1-14-8-4-11(5-9-14)6-10-15(2)12(16)3-7-13/h11H,3-10H2,1-2H3. The second-order valence-electron chi connectivity index (χ2n) is 4.79. The smallest absolute Gasteiger partial charge is 0.223 e. The third-order valence-electron chi connectivity index (χ3n) is 3.45. The molecule has 0 aromatic heterocycles. The van der Waals surface area contributed by atoms with Crippen molar-refractivity contribution in [3.8, 4) is 0 Å². The molecular weight excluding hydrogens is 224 g/mol. The van der Waals surface area contributed by atoms with E-state index in [4.69, 9.17) is 11.6 Å². The van der Waals surface area contributed by atoms with Crippen LogP contribution in [0.3, 0.4) is 0 Å². The van der Waals surface area contributed by atoms with Gasteiger partial charge in [0.15, 0.2) is 0 Å². The summed E-state index contributed by atoms with van der Waals surface area (Å²) in [4.78, 5) is 15.7. The minimum atomic E-state index is 0.169. The molecule has 0 radical (unpaired) electrons. The van der Waals surface area contributed by atoms with Crippen LogP contribution >= 0.6 is 11.6 Å². The van der Waals surface area contributed by atoms with E-state index < -0.39 is 0 Å². The van der Waals surface area contributed by atoms with Crippen molar-refractivity contribution in [2.45, 2.75) is 25.7 Å². The van der Waals surface area contributed by atoms with Gasteiger partial charge in [-0.3, -0.25) is 4.79 Å². The van der Waals surface area contributed by atoms with Gasteiger partial charge in [0, 0.05) is 25.9 Å². The molecule has 0 spiro atoms. The first kappa shape index (κ1) is 13.8. The second kappa shape index (κ2) is 7.13. The lowest BCUT2D eigenvalue weighted by Gasteiger charge is -2.30. The predicted molar refractivity (Wildman–Crippen MR) is 67.8 cm³/mol. The summed E-state index contributed by atoms with van der Waals surface area (Å²) in [7, 11) is 4.05. The fourth-order valence-electron chi connectivity index (χ4n) is 2.12. The van der Waals surface area contributed by atoms with Crippen LogP contribution in [0.1, 0.15) is 25.7 Å². The number of alkyl halides is 1. The first-order valence-electron chi connectivity index (χ1n) is 6.12. The van der Waals surface area contributed by atoms with E-state index in [-0.39, 0.29) is 5.91 Å². The maximum Gasteiger partial charge on any atom is 0.223 e. The zero-order valence-electron chi connectivity index (χ0n) is 10.4. The fourth-order valence-corrected chi connectivity index (χ4v) is 2.29. The average Bonchev–Trinajstić information content (AvgIpc) is 2.28. The van der Waals surface area contributed by atoms with Crippen LogP contribution in [0.5, 0.6) is 0 Å². The van der Waals surface area contributed by atoms with Crippen molar-refractivity contribution in [3.05, 3.63) is 0 Å². The lowest BCUT2D eigenvalue weighted by molar-refractivity contribution is -0.129. The lowest BCUT2D eigenvalue weighted by atomic mass is 9.94. The Morgan fingerprint density at radius 3 is 2.62 bits per heavy atom. The third kappa shape index (κ3) is 4.71. The molecule has 0 unspecified atom stereocenters. The molecular formula is C12H23ClN2O. The van der Waals surface area contributed by atoms with Gasteiger partial charge in [0.2, 0.25) is 5.91 Å². The number of hydrogen-bond acceptors (Lipinski definition) is 2. The zero-order valence-corrected chi connectivity index (χ0v) is 11.2. The Balaban J connectivity index is 2.16. The van der Waals surface area contributed by atoms with E-state index in [1.54, 1.807) is 0 Å². The Kier molecular flexibility index (Phi) is 6.14. The number of hydrogen-bond donors (Lipinski definition) is 0. The Morgan fingerprint density at radius 1 is 1.44 bits per heavy atom. The van der Waals surface area contributed by atoms with Gasteiger partial charge in [-0.15, -0.1) is 11.6 Å². The Bertz CT molecular complexity index is 215. The molecule has 0 saturated carbocycles. The van der Waals surface area contributed by atoms with E-state index in [0.29, 0.717) is 12.3 Å². The molecule has 0 aliphatic carbocycles. The minimum Gasteiger partial charge on any atom is -0.346 e. The number of halogens is 1. The van der Waals surface area contributed by atoms with E-state index in [1.807, 2.05) is 11.9 Å². The molecule has 0 aromatic rings. The van der Waals surface area contributed by atoms with Crippen molar-refractivity contribution < 1.29 is 4.79 Å². The molecule has 1 aliphatic rings. The van der Waals surface area contributed by atoms with Crippen LogP contribution in [0.4, 0.5) is 0 Å². The van der Waals surface area contributed by atoms with E-state index in [9.17, 15) is 4.79 Å². The summed E-state index contributed by atoms with van der Waals surface area (Å²) < 4.78 is 0. The maximum absolute atomic E-state index is 11.5. The van der Waals surface area contributed by atoms with Crippen molar-refractivity contribution in [1.82, 2.24) is 9.80 Å². The second-order valence-corrected chi connectivity index (χ2v) is 5.17. The predicted octanol–water partition coefficient (Wildman–Crippen LogP) is 1.81. The van der Waals surface area contributed by atoms with E-state index in [0.717, 1.165) is 18.9 Å². The summed E-state index contributed by atoms with van der Waals surface area (Å²) in [5.74, 6) is 1.39. The summed E-state index contributed by atoms with van der Waals surface area (Å²) >= 11 is 5.55. The van der Waals surface area contributed by atoms with Gasteiger partial charge in [-0.25, -0.2) is 0 Å². The number of piperidine rings is 1. The van der Waals surface area contributed by atoms with Gasteiger partial charge in [-0.1, -0.05) is 0 Å². The summed E-state index contributed by atoms with van der Waals surface area (Å²) in [6, 6.07) is 0. The van der Waals surface area contributed by atoms with Crippen molar-refractivity contribution in [2.24, 2.45) is 5.92 Å². The van der Waals surface area contributed by atoms with Crippen molar-refractivity contribution >= 4 is 17.5 Å². The number of likely N-dealkylation sites (tertiary alicyclic amines) is 1. The van der Waals surface area contributed by atoms with E-state index in [1.165, 1.54) is 25.9 Å². The molecule has 0 N–H and O–H groups in total. The Labute approximate surface area is 104 Å². The van der Waals surface area contributed by atoms with Crippen LogP contribution in [-0.4, -0.2) is 55.3 Å². The molecule has 94 valence electrons. The highest BCUT2D eigenvalue weighted by Crippen LogP contribution is 2.19. The molecule has 0 aromatic carbocycles. The lowest BCUT2D eigenvalue weighted by Crippen LogP contribution is -2.33. The van der Waals surface area contributed by atoms with Crippen LogP contribution in [0.15, 0.2) is 0 Å². The number of nitrogens with zero attached hydrogens (tertiary/aromatic N) is 2. The summed E-state index contributed by atoms with van der Waals surface area (Å²) in [5.41, 5.74) is 0. The summed E-state index contributed by atoms with van der Waals surface area (Å²) in [6.07, 6.45) is 4.14. The molecule has 0 bridgehead atoms. The monoisotopic (exact) mass is 246 g/mol. The van der Waals surface area contributed by atoms with Crippen LogP contribution in [0, 0.1) is 5.92 Å². The number of rotatable bonds is 5. The van der Waals surface area contributed by atoms with Gasteiger partial charge in [0.05, 0.1) is 0 Å². The van der Waals surface area contributed by atoms with Gasteiger partial charge < -0.3 is 9.80 Å². The van der Waals surface area contributed by atoms with Crippen molar-refractivity contribution in [2.75, 3.05) is 39.6 Å². The van der Waals surface area contributed by atoms with Gasteiger partial charge in [-0.2, -0.15) is 0 Å². The van der Waals surface area contributed by atoms with Crippen molar-refractivity contribution in [3.63, 3.8) is 0 Å². The first-order chi connectivity index (χ1) is 7.63. The van der Waals surface area contributed by atoms with E-state index >= 15 is 0 Å². The highest BCUT2D eigenvalue weighted by Gasteiger charge is 2.17. The summed E-state index contributed by atoms with van der Waals surface area (Å²) in [6.45, 7) is 3.28. The van der Waals surface area contributed by atoms with Crippen LogP contribution < -0.4 is 0 Å². The molecule has 1 aliphatic heterocycles. The summed E-state index contributed by atoms with van der Waals surface area (Å²) in [5, 5.41) is 0. The molecule has 1 rings (SSSR count). The minimum absolute atomic E-state index is 0.169. The van der Waals surface area contributed by atoms with Crippen LogP contribution in [-0.2, 0) is 4.79 Å². The molecule has 0 atom stereocenters. The van der Waals surface area contributed by atoms with Crippen molar-refractivity contribution in [1.29, 1.82) is 0 Å². The topological polar surface area (TPSA) is 23.6 Å². The third-order valence-corrected chi connectivity index (χ3v) is 3.63. The average molecular weight is 247 g/mol. The normalized spacial score (nSPS) is 18.7. The molecule has 4 heteroatoms. The largest absolute Gasteiger partial charge is 0.346 e. The van der Waals surface area contributed by atoms with Gasteiger partial charge in [0.25, 0.3) is 0 Å². The maximum atomic E-state index is 11.5. The van der Waals surface area contributed by atoms with Gasteiger partial charge >= 0.3 is 0 Å². The number of carbonyl (C=O) groups excluding carboxylic acids is 1. The fraction of sp³-hybridized carbons (Fsp3) is 0.917. The van der Waals surface area contributed by atoms with Gasteiger partial charge in [-0.05, 0) is 45.3 Å². The molecule has 1 heterocycles. The molecule has 1 amide bonds.